The van der Waals surface area contributed by atoms with Crippen LogP contribution in [0.1, 0.15) is 21.3 Å². The van der Waals surface area contributed by atoms with E-state index < -0.39 is 0 Å². The van der Waals surface area contributed by atoms with Gasteiger partial charge in [-0.2, -0.15) is 4.98 Å². The third kappa shape index (κ3) is 3.52. The van der Waals surface area contributed by atoms with Gasteiger partial charge >= 0.3 is 0 Å². The van der Waals surface area contributed by atoms with Crippen molar-refractivity contribution in [2.75, 3.05) is 5.73 Å². The Morgan fingerprint density at radius 1 is 1.42 bits per heavy atom. The summed E-state index contributed by atoms with van der Waals surface area (Å²) in [7, 11) is 0. The van der Waals surface area contributed by atoms with E-state index in [0.717, 1.165) is 0 Å². The number of rotatable bonds is 2. The van der Waals surface area contributed by atoms with Crippen LogP contribution in [0.15, 0.2) is 11.5 Å². The topological polar surface area (TPSA) is 64.7 Å². The van der Waals surface area contributed by atoms with Crippen LogP contribution in [0.2, 0.25) is 0 Å². The quantitative estimate of drug-likeness (QED) is 0.710. The van der Waals surface area contributed by atoms with E-state index in [9.17, 15) is 0 Å². The second-order valence-electron chi connectivity index (χ2n) is 2.29. The molecule has 1 rings (SSSR count). The Labute approximate surface area is 77.0 Å². The van der Waals surface area contributed by atoms with Gasteiger partial charge in [0.15, 0.2) is 5.16 Å². The molecule has 5 heteroatoms. The van der Waals surface area contributed by atoms with Crippen LogP contribution in [0, 0.1) is 0 Å². The highest BCUT2D eigenvalue weighted by Crippen LogP contribution is 2.17. The molecule has 1 aromatic heterocycles. The highest BCUT2D eigenvalue weighted by Gasteiger charge is 2.00. The lowest BCUT2D eigenvalue weighted by molar-refractivity contribution is 0.908. The highest BCUT2D eigenvalue weighted by atomic mass is 32.2. The van der Waals surface area contributed by atoms with E-state index in [0.29, 0.717) is 10.4 Å². The SMILES string of the molecule is C.CC(C)Sc1ncnc(N)n1. The maximum absolute atomic E-state index is 5.36. The van der Waals surface area contributed by atoms with Crippen LogP contribution in [0.3, 0.4) is 0 Å². The average Bonchev–Trinajstić information content (AvgIpc) is 1.85. The zero-order chi connectivity index (χ0) is 8.27. The first kappa shape index (κ1) is 11.2. The first-order chi connectivity index (χ1) is 5.18. The van der Waals surface area contributed by atoms with Gasteiger partial charge in [0.1, 0.15) is 6.33 Å². The van der Waals surface area contributed by atoms with Crippen LogP contribution >= 0.6 is 11.8 Å². The van der Waals surface area contributed by atoms with Gasteiger partial charge in [0.05, 0.1) is 0 Å². The molecule has 1 aromatic rings. The van der Waals surface area contributed by atoms with Crippen molar-refractivity contribution >= 4 is 17.7 Å². The van der Waals surface area contributed by atoms with Crippen molar-refractivity contribution in [1.82, 2.24) is 15.0 Å². The summed E-state index contributed by atoms with van der Waals surface area (Å²) < 4.78 is 0. The van der Waals surface area contributed by atoms with Gasteiger partial charge in [-0.15, -0.1) is 0 Å². The van der Waals surface area contributed by atoms with Crippen LogP contribution in [0.25, 0.3) is 0 Å². The molecule has 0 saturated carbocycles. The predicted molar refractivity (Wildman–Crippen MR) is 52.0 cm³/mol. The Kier molecular flexibility index (Phi) is 4.58. The number of aromatic nitrogens is 3. The van der Waals surface area contributed by atoms with Crippen molar-refractivity contribution in [3.8, 4) is 0 Å². The molecule has 0 radical (unpaired) electrons. The van der Waals surface area contributed by atoms with E-state index in [4.69, 9.17) is 5.73 Å². The highest BCUT2D eigenvalue weighted by molar-refractivity contribution is 7.99. The molecule has 0 aliphatic rings. The maximum atomic E-state index is 5.36. The number of thioether (sulfide) groups is 1. The fraction of sp³-hybridized carbons (Fsp3) is 0.571. The third-order valence-corrected chi connectivity index (χ3v) is 1.79. The van der Waals surface area contributed by atoms with Crippen molar-refractivity contribution in [3.05, 3.63) is 6.33 Å². The zero-order valence-corrected chi connectivity index (χ0v) is 7.30. The number of nitrogen functional groups attached to an aromatic ring is 1. The standard InChI is InChI=1S/C6H10N4S.CH4/c1-4(2)11-6-9-3-8-5(7)10-6;/h3-4H,1-2H3,(H2,7,8,9,10);1H4. The largest absolute Gasteiger partial charge is 0.368 e. The van der Waals surface area contributed by atoms with Gasteiger partial charge in [-0.05, 0) is 0 Å². The number of hydrogen-bond donors (Lipinski definition) is 1. The molecule has 12 heavy (non-hydrogen) atoms. The summed E-state index contributed by atoms with van der Waals surface area (Å²) in [5.74, 6) is 0.281. The molecule has 0 aliphatic heterocycles. The number of nitrogens with zero attached hydrogens (tertiary/aromatic N) is 3. The average molecular weight is 186 g/mol. The molecule has 1 heterocycles. The van der Waals surface area contributed by atoms with Crippen LogP contribution in [0.5, 0.6) is 0 Å². The fourth-order valence-electron chi connectivity index (χ4n) is 0.561. The summed E-state index contributed by atoms with van der Waals surface area (Å²) in [6.45, 7) is 4.15. The molecule has 0 fully saturated rings. The monoisotopic (exact) mass is 186 g/mol. The van der Waals surface area contributed by atoms with Gasteiger partial charge in [-0.1, -0.05) is 33.0 Å². The molecular formula is C7H14N4S. The molecule has 0 atom stereocenters. The fourth-order valence-corrected chi connectivity index (χ4v) is 1.24. The molecule has 2 N–H and O–H groups in total. The summed E-state index contributed by atoms with van der Waals surface area (Å²) in [4.78, 5) is 11.6. The van der Waals surface area contributed by atoms with Crippen LogP contribution in [-0.4, -0.2) is 20.2 Å². The lowest BCUT2D eigenvalue weighted by Crippen LogP contribution is -1.98. The number of hydrogen-bond acceptors (Lipinski definition) is 5. The summed E-state index contributed by atoms with van der Waals surface area (Å²) >= 11 is 1.57. The lowest BCUT2D eigenvalue weighted by Gasteiger charge is -2.01. The van der Waals surface area contributed by atoms with Crippen molar-refractivity contribution in [3.63, 3.8) is 0 Å². The molecule has 0 amide bonds. The van der Waals surface area contributed by atoms with Gasteiger partial charge in [0.25, 0.3) is 0 Å². The summed E-state index contributed by atoms with van der Waals surface area (Å²) in [6.07, 6.45) is 1.42. The van der Waals surface area contributed by atoms with Crippen LogP contribution in [0.4, 0.5) is 5.95 Å². The van der Waals surface area contributed by atoms with E-state index in [1.807, 2.05) is 0 Å². The number of nitrogens with two attached hydrogens (primary N) is 1. The van der Waals surface area contributed by atoms with E-state index >= 15 is 0 Å². The van der Waals surface area contributed by atoms with Gasteiger partial charge in [-0.25, -0.2) is 9.97 Å². The third-order valence-electron chi connectivity index (χ3n) is 0.909. The van der Waals surface area contributed by atoms with Gasteiger partial charge in [-0.3, -0.25) is 0 Å². The molecule has 0 saturated heterocycles. The van der Waals surface area contributed by atoms with Gasteiger partial charge in [0.2, 0.25) is 5.95 Å². The van der Waals surface area contributed by atoms with Crippen LogP contribution in [-0.2, 0) is 0 Å². The first-order valence-corrected chi connectivity index (χ1v) is 4.17. The summed E-state index contributed by atoms with van der Waals surface area (Å²) in [5, 5.41) is 1.16. The Morgan fingerprint density at radius 3 is 2.58 bits per heavy atom. The smallest absolute Gasteiger partial charge is 0.223 e. The second-order valence-corrected chi connectivity index (χ2v) is 3.84. The molecule has 4 nitrogen and oxygen atoms in total. The molecule has 0 spiro atoms. The molecule has 0 bridgehead atoms. The Balaban J connectivity index is 0.00000121. The molecule has 0 unspecified atom stereocenters. The Bertz CT molecular complexity index is 239. The Hall–Kier alpha value is -0.840. The summed E-state index contributed by atoms with van der Waals surface area (Å²) in [5.41, 5.74) is 5.36. The van der Waals surface area contributed by atoms with Crippen LogP contribution < -0.4 is 5.73 Å². The minimum Gasteiger partial charge on any atom is -0.368 e. The predicted octanol–water partition coefficient (Wildman–Crippen LogP) is 1.59. The van der Waals surface area contributed by atoms with Crippen molar-refractivity contribution in [1.29, 1.82) is 0 Å². The second kappa shape index (κ2) is 4.92. The Morgan fingerprint density at radius 2 is 2.08 bits per heavy atom. The van der Waals surface area contributed by atoms with E-state index in [2.05, 4.69) is 28.8 Å². The molecule has 0 aliphatic carbocycles. The number of anilines is 1. The van der Waals surface area contributed by atoms with Crippen molar-refractivity contribution in [2.45, 2.75) is 31.7 Å². The molecule has 0 aromatic carbocycles. The summed E-state index contributed by atoms with van der Waals surface area (Å²) in [6, 6.07) is 0. The minimum atomic E-state index is 0. The van der Waals surface area contributed by atoms with E-state index in [1.54, 1.807) is 11.8 Å². The molecular weight excluding hydrogens is 172 g/mol. The van der Waals surface area contributed by atoms with Crippen molar-refractivity contribution < 1.29 is 0 Å². The first-order valence-electron chi connectivity index (χ1n) is 3.29. The molecule has 68 valence electrons. The minimum absolute atomic E-state index is 0. The van der Waals surface area contributed by atoms with E-state index in [1.165, 1.54) is 6.33 Å². The van der Waals surface area contributed by atoms with Crippen molar-refractivity contribution in [2.24, 2.45) is 0 Å². The normalized spacial score (nSPS) is 9.58. The zero-order valence-electron chi connectivity index (χ0n) is 6.48. The maximum Gasteiger partial charge on any atom is 0.223 e. The van der Waals surface area contributed by atoms with Gasteiger partial charge < -0.3 is 5.73 Å². The van der Waals surface area contributed by atoms with E-state index in [-0.39, 0.29) is 13.4 Å². The van der Waals surface area contributed by atoms with Gasteiger partial charge in [0, 0.05) is 5.25 Å². The lowest BCUT2D eigenvalue weighted by atomic mass is 10.6.